The van der Waals surface area contributed by atoms with Gasteiger partial charge in [-0.1, -0.05) is 38.1 Å². The molecule has 2 aliphatic heterocycles. The van der Waals surface area contributed by atoms with Crippen molar-refractivity contribution in [2.45, 2.75) is 58.0 Å². The zero-order chi connectivity index (χ0) is 25.1. The highest BCUT2D eigenvalue weighted by Crippen LogP contribution is 2.41. The second-order valence-corrected chi connectivity index (χ2v) is 11.1. The monoisotopic (exact) mass is 476 g/mol. The van der Waals surface area contributed by atoms with Crippen molar-refractivity contribution in [1.29, 1.82) is 0 Å². The van der Waals surface area contributed by atoms with Crippen molar-refractivity contribution in [1.82, 2.24) is 19.7 Å². The summed E-state index contributed by atoms with van der Waals surface area (Å²) in [6.45, 7) is 14.1. The highest BCUT2D eigenvalue weighted by atomic mass is 16.2. The Balaban J connectivity index is 1.59. The molecular formula is C29H40N4O2. The number of Topliss-reactive ketones (excluding diaryl/α,β-unsaturated/α-hetero) is 1. The minimum atomic E-state index is -0.657. The van der Waals surface area contributed by atoms with Gasteiger partial charge in [0.25, 0.3) is 5.91 Å². The Labute approximate surface area is 210 Å². The summed E-state index contributed by atoms with van der Waals surface area (Å²) in [7, 11) is 0. The van der Waals surface area contributed by atoms with Crippen LogP contribution in [0.3, 0.4) is 0 Å². The zero-order valence-electron chi connectivity index (χ0n) is 21.7. The second kappa shape index (κ2) is 10.6. The lowest BCUT2D eigenvalue weighted by atomic mass is 9.71. The number of likely N-dealkylation sites (tertiary alicyclic amines) is 1. The summed E-state index contributed by atoms with van der Waals surface area (Å²) in [6, 6.07) is 15.0. The van der Waals surface area contributed by atoms with E-state index in [1.54, 1.807) is 6.20 Å². The van der Waals surface area contributed by atoms with Crippen LogP contribution in [0.15, 0.2) is 54.7 Å². The first kappa shape index (κ1) is 25.5. The minimum absolute atomic E-state index is 0.0352. The van der Waals surface area contributed by atoms with Crippen LogP contribution in [0.5, 0.6) is 0 Å². The van der Waals surface area contributed by atoms with E-state index in [1.165, 1.54) is 6.42 Å². The van der Waals surface area contributed by atoms with Gasteiger partial charge in [0.2, 0.25) is 5.78 Å². The van der Waals surface area contributed by atoms with Crippen molar-refractivity contribution < 1.29 is 9.59 Å². The first-order valence-corrected chi connectivity index (χ1v) is 13.0. The lowest BCUT2D eigenvalue weighted by molar-refractivity contribution is -0.0359. The van der Waals surface area contributed by atoms with E-state index in [-0.39, 0.29) is 11.7 Å². The van der Waals surface area contributed by atoms with Crippen LogP contribution >= 0.6 is 0 Å². The van der Waals surface area contributed by atoms with Crippen molar-refractivity contribution in [3.63, 3.8) is 0 Å². The summed E-state index contributed by atoms with van der Waals surface area (Å²) >= 11 is 0. The molecule has 0 spiro atoms. The summed E-state index contributed by atoms with van der Waals surface area (Å²) in [5.74, 6) is 0.819. The van der Waals surface area contributed by atoms with Crippen LogP contribution in [-0.4, -0.2) is 81.7 Å². The van der Waals surface area contributed by atoms with Crippen molar-refractivity contribution in [3.8, 4) is 0 Å². The number of carbonyl (C=O) groups is 2. The molecule has 4 rings (SSSR count). The highest BCUT2D eigenvalue weighted by Gasteiger charge is 2.53. The summed E-state index contributed by atoms with van der Waals surface area (Å²) < 4.78 is 0. The Hall–Kier alpha value is -2.57. The molecule has 2 fully saturated rings. The number of amides is 1. The van der Waals surface area contributed by atoms with E-state index in [0.29, 0.717) is 36.6 Å². The Morgan fingerprint density at radius 3 is 2.23 bits per heavy atom. The SMILES string of the molecule is CC(C)CCN1CCN(C2(C(=O)c3ccccn3)CCN(C(=O)c3ccccc3)C(C)(C)C2)CC1. The number of ketones is 1. The molecule has 2 aromatic rings. The predicted molar refractivity (Wildman–Crippen MR) is 140 cm³/mol. The molecule has 0 aliphatic carbocycles. The Morgan fingerprint density at radius 1 is 0.943 bits per heavy atom. The fourth-order valence-electron chi connectivity index (χ4n) is 5.80. The van der Waals surface area contributed by atoms with Gasteiger partial charge in [-0.15, -0.1) is 0 Å². The molecule has 1 atom stereocenters. The molecule has 1 unspecified atom stereocenters. The molecule has 6 nitrogen and oxygen atoms in total. The van der Waals surface area contributed by atoms with Gasteiger partial charge in [-0.2, -0.15) is 0 Å². The normalized spacial score (nSPS) is 23.4. The number of hydrogen-bond acceptors (Lipinski definition) is 5. The van der Waals surface area contributed by atoms with E-state index in [4.69, 9.17) is 0 Å². The molecule has 0 saturated carbocycles. The summed E-state index contributed by atoms with van der Waals surface area (Å²) in [6.07, 6.45) is 4.11. The van der Waals surface area contributed by atoms with Gasteiger partial charge in [-0.05, 0) is 69.8 Å². The molecule has 35 heavy (non-hydrogen) atoms. The maximum atomic E-state index is 14.1. The minimum Gasteiger partial charge on any atom is -0.333 e. The van der Waals surface area contributed by atoms with E-state index in [1.807, 2.05) is 53.4 Å². The van der Waals surface area contributed by atoms with Crippen LogP contribution in [0.4, 0.5) is 0 Å². The number of pyridine rings is 1. The molecule has 0 N–H and O–H groups in total. The van der Waals surface area contributed by atoms with Gasteiger partial charge >= 0.3 is 0 Å². The standard InChI is InChI=1S/C29H40N4O2/c1-23(2)13-16-31-18-20-32(21-19-31)29(26(34)25-12-8-9-15-30-25)14-17-33(28(3,4)22-29)27(35)24-10-6-5-7-11-24/h5-12,15,23H,13-14,16-22H2,1-4H3. The molecule has 0 bridgehead atoms. The van der Waals surface area contributed by atoms with Crippen LogP contribution < -0.4 is 0 Å². The Morgan fingerprint density at radius 2 is 1.63 bits per heavy atom. The molecule has 0 radical (unpaired) electrons. The van der Waals surface area contributed by atoms with E-state index in [9.17, 15) is 9.59 Å². The molecule has 1 aromatic carbocycles. The van der Waals surface area contributed by atoms with Gasteiger partial charge in [0, 0.05) is 50.0 Å². The number of piperidine rings is 1. The molecule has 2 saturated heterocycles. The van der Waals surface area contributed by atoms with Crippen LogP contribution in [0.25, 0.3) is 0 Å². The molecular weight excluding hydrogens is 436 g/mol. The molecule has 3 heterocycles. The Kier molecular flexibility index (Phi) is 7.72. The fourth-order valence-corrected chi connectivity index (χ4v) is 5.80. The maximum absolute atomic E-state index is 14.1. The van der Waals surface area contributed by atoms with Crippen LogP contribution in [0, 0.1) is 5.92 Å². The van der Waals surface area contributed by atoms with Gasteiger partial charge in [0.05, 0.1) is 5.54 Å². The van der Waals surface area contributed by atoms with Crippen molar-refractivity contribution in [3.05, 3.63) is 66.0 Å². The van der Waals surface area contributed by atoms with Gasteiger partial charge in [0.1, 0.15) is 5.69 Å². The van der Waals surface area contributed by atoms with E-state index in [0.717, 1.165) is 32.7 Å². The first-order valence-electron chi connectivity index (χ1n) is 13.0. The van der Waals surface area contributed by atoms with Crippen LogP contribution in [0.1, 0.15) is 67.8 Å². The lowest BCUT2D eigenvalue weighted by Crippen LogP contribution is -2.69. The number of rotatable bonds is 7. The summed E-state index contributed by atoms with van der Waals surface area (Å²) in [5.41, 5.74) is 0.0936. The number of piperazine rings is 1. The second-order valence-electron chi connectivity index (χ2n) is 11.1. The average Bonchev–Trinajstić information content (AvgIpc) is 2.87. The first-order chi connectivity index (χ1) is 16.7. The number of carbonyl (C=O) groups excluding carboxylic acids is 2. The van der Waals surface area contributed by atoms with Crippen LogP contribution in [-0.2, 0) is 0 Å². The summed E-state index contributed by atoms with van der Waals surface area (Å²) in [4.78, 5) is 38.9. The van der Waals surface area contributed by atoms with E-state index >= 15 is 0 Å². The van der Waals surface area contributed by atoms with Crippen molar-refractivity contribution >= 4 is 11.7 Å². The van der Waals surface area contributed by atoms with Gasteiger partial charge in [-0.25, -0.2) is 0 Å². The number of hydrogen-bond donors (Lipinski definition) is 0. The average molecular weight is 477 g/mol. The van der Waals surface area contributed by atoms with Crippen molar-refractivity contribution in [2.24, 2.45) is 5.92 Å². The third kappa shape index (κ3) is 5.49. The van der Waals surface area contributed by atoms with Crippen LogP contribution in [0.2, 0.25) is 0 Å². The third-order valence-electron chi connectivity index (χ3n) is 7.79. The predicted octanol–water partition coefficient (Wildman–Crippen LogP) is 4.38. The fraction of sp³-hybridized carbons (Fsp3) is 0.552. The molecule has 1 amide bonds. The Bertz CT molecular complexity index is 1000. The maximum Gasteiger partial charge on any atom is 0.254 e. The molecule has 188 valence electrons. The third-order valence-corrected chi connectivity index (χ3v) is 7.79. The number of benzene rings is 1. The highest BCUT2D eigenvalue weighted by molar-refractivity contribution is 6.02. The van der Waals surface area contributed by atoms with Gasteiger partial charge < -0.3 is 9.80 Å². The lowest BCUT2D eigenvalue weighted by Gasteiger charge is -2.56. The van der Waals surface area contributed by atoms with Gasteiger partial charge in [-0.3, -0.25) is 19.5 Å². The van der Waals surface area contributed by atoms with Gasteiger partial charge in [0.15, 0.2) is 0 Å². The quantitative estimate of drug-likeness (QED) is 0.555. The topological polar surface area (TPSA) is 56.8 Å². The van der Waals surface area contributed by atoms with Crippen molar-refractivity contribution in [2.75, 3.05) is 39.3 Å². The molecule has 6 heteroatoms. The number of aromatic nitrogens is 1. The van der Waals surface area contributed by atoms with E-state index < -0.39 is 11.1 Å². The number of nitrogens with zero attached hydrogens (tertiary/aromatic N) is 4. The zero-order valence-corrected chi connectivity index (χ0v) is 21.7. The van der Waals surface area contributed by atoms with E-state index in [2.05, 4.69) is 42.5 Å². The largest absolute Gasteiger partial charge is 0.333 e. The summed E-state index contributed by atoms with van der Waals surface area (Å²) in [5, 5.41) is 0. The smallest absolute Gasteiger partial charge is 0.254 e. The molecule has 2 aliphatic rings. The molecule has 1 aromatic heterocycles.